The van der Waals surface area contributed by atoms with E-state index in [9.17, 15) is 4.79 Å². The first kappa shape index (κ1) is 20.3. The molecule has 0 unspecified atom stereocenters. The molecule has 1 aromatic rings. The van der Waals surface area contributed by atoms with E-state index in [-0.39, 0.29) is 17.1 Å². The van der Waals surface area contributed by atoms with Gasteiger partial charge in [0.15, 0.2) is 0 Å². The Hall–Kier alpha value is -0.975. The standard InChI is InChI=1S/C22H32BNO3S/c1-20(2)17-11-8-15(23-26-21(3,4)22(5,6)27-23)14-18(17)24(19(20)25)12-7-13-28-16-9-10-16/h8,11,14,16H,7,9-10,12-13H2,1-6H3. The number of anilines is 1. The van der Waals surface area contributed by atoms with Crippen molar-refractivity contribution >= 4 is 35.9 Å². The molecule has 0 spiro atoms. The van der Waals surface area contributed by atoms with Gasteiger partial charge in [0.2, 0.25) is 5.91 Å². The number of nitrogens with zero attached hydrogens (tertiary/aromatic N) is 1. The molecule has 1 amide bonds. The van der Waals surface area contributed by atoms with Gasteiger partial charge in [-0.05, 0) is 83.7 Å². The molecule has 0 bridgehead atoms. The van der Waals surface area contributed by atoms with Gasteiger partial charge in [-0.1, -0.05) is 12.1 Å². The van der Waals surface area contributed by atoms with E-state index in [2.05, 4.69) is 57.7 Å². The first-order valence-corrected chi connectivity index (χ1v) is 11.5. The zero-order chi connectivity index (χ0) is 20.3. The van der Waals surface area contributed by atoms with E-state index in [0.29, 0.717) is 0 Å². The van der Waals surface area contributed by atoms with Crippen LogP contribution in [-0.2, 0) is 19.5 Å². The SMILES string of the molecule is CC1(C)C(=O)N(CCCSC2CC2)c2cc(B3OC(C)(C)C(C)(C)O3)ccc21. The summed E-state index contributed by atoms with van der Waals surface area (Å²) in [7, 11) is -0.401. The van der Waals surface area contributed by atoms with Crippen molar-refractivity contribution in [2.75, 3.05) is 17.2 Å². The number of carbonyl (C=O) groups excluding carboxylic acids is 1. The molecule has 1 saturated heterocycles. The molecule has 0 atom stereocenters. The molecular formula is C22H32BNO3S. The molecule has 2 heterocycles. The molecule has 1 saturated carbocycles. The number of hydrogen-bond acceptors (Lipinski definition) is 4. The summed E-state index contributed by atoms with van der Waals surface area (Å²) in [5, 5.41) is 0.869. The van der Waals surface area contributed by atoms with Gasteiger partial charge in [0, 0.05) is 17.5 Å². The molecule has 28 heavy (non-hydrogen) atoms. The third kappa shape index (κ3) is 3.42. The molecular weight excluding hydrogens is 369 g/mol. The summed E-state index contributed by atoms with van der Waals surface area (Å²) in [6.45, 7) is 13.1. The lowest BCUT2D eigenvalue weighted by atomic mass is 9.77. The monoisotopic (exact) mass is 401 g/mol. The Balaban J connectivity index is 1.56. The summed E-state index contributed by atoms with van der Waals surface area (Å²) in [5.74, 6) is 1.33. The van der Waals surface area contributed by atoms with E-state index in [1.165, 1.54) is 12.8 Å². The predicted octanol–water partition coefficient (Wildman–Crippen LogP) is 3.90. The van der Waals surface area contributed by atoms with Gasteiger partial charge in [-0.25, -0.2) is 0 Å². The third-order valence-electron chi connectivity index (χ3n) is 6.70. The van der Waals surface area contributed by atoms with E-state index in [1.807, 2.05) is 18.7 Å². The summed E-state index contributed by atoms with van der Waals surface area (Å²) < 4.78 is 12.5. The van der Waals surface area contributed by atoms with Gasteiger partial charge < -0.3 is 14.2 Å². The van der Waals surface area contributed by atoms with Gasteiger partial charge in [0.1, 0.15) is 0 Å². The molecule has 2 fully saturated rings. The van der Waals surface area contributed by atoms with Crippen molar-refractivity contribution in [3.8, 4) is 0 Å². The van der Waals surface area contributed by atoms with Crippen LogP contribution in [0.4, 0.5) is 5.69 Å². The Bertz CT molecular complexity index is 772. The Morgan fingerprint density at radius 1 is 1.11 bits per heavy atom. The third-order valence-corrected chi connectivity index (χ3v) is 8.16. The van der Waals surface area contributed by atoms with Crippen LogP contribution in [0.15, 0.2) is 18.2 Å². The molecule has 1 aromatic carbocycles. The molecule has 1 aliphatic carbocycles. The summed E-state index contributed by atoms with van der Waals surface area (Å²) in [5.41, 5.74) is 1.90. The van der Waals surface area contributed by atoms with Gasteiger partial charge in [-0.3, -0.25) is 4.79 Å². The summed E-state index contributed by atoms with van der Waals surface area (Å²) in [4.78, 5) is 15.1. The fourth-order valence-corrected chi connectivity index (χ4v) is 5.02. The number of hydrogen-bond donors (Lipinski definition) is 0. The van der Waals surface area contributed by atoms with Crippen LogP contribution >= 0.6 is 11.8 Å². The van der Waals surface area contributed by atoms with Crippen LogP contribution in [0.2, 0.25) is 0 Å². The van der Waals surface area contributed by atoms with Crippen LogP contribution in [0, 0.1) is 0 Å². The van der Waals surface area contributed by atoms with Gasteiger partial charge in [-0.15, -0.1) is 0 Å². The number of benzene rings is 1. The number of amides is 1. The minimum Gasteiger partial charge on any atom is -0.399 e. The Morgan fingerprint density at radius 2 is 1.75 bits per heavy atom. The summed E-state index contributed by atoms with van der Waals surface area (Å²) >= 11 is 2.05. The van der Waals surface area contributed by atoms with Gasteiger partial charge in [-0.2, -0.15) is 11.8 Å². The van der Waals surface area contributed by atoms with E-state index in [1.54, 1.807) is 0 Å². The maximum atomic E-state index is 13.1. The van der Waals surface area contributed by atoms with Crippen molar-refractivity contribution < 1.29 is 14.1 Å². The molecule has 0 N–H and O–H groups in total. The number of fused-ring (bicyclic) bond motifs is 1. The quantitative estimate of drug-likeness (QED) is 0.536. The van der Waals surface area contributed by atoms with Crippen LogP contribution in [0.1, 0.15) is 66.4 Å². The lowest BCUT2D eigenvalue weighted by Gasteiger charge is -2.32. The highest BCUT2D eigenvalue weighted by atomic mass is 32.2. The number of carbonyl (C=O) groups is 1. The summed E-state index contributed by atoms with van der Waals surface area (Å²) in [6, 6.07) is 6.26. The highest BCUT2D eigenvalue weighted by molar-refractivity contribution is 8.00. The van der Waals surface area contributed by atoms with Crippen LogP contribution in [0.5, 0.6) is 0 Å². The minimum atomic E-state index is -0.479. The molecule has 4 nitrogen and oxygen atoms in total. The highest BCUT2D eigenvalue weighted by Gasteiger charge is 2.52. The van der Waals surface area contributed by atoms with Crippen molar-refractivity contribution in [3.63, 3.8) is 0 Å². The first-order chi connectivity index (χ1) is 13.0. The van der Waals surface area contributed by atoms with Gasteiger partial charge >= 0.3 is 7.12 Å². The maximum absolute atomic E-state index is 13.1. The lowest BCUT2D eigenvalue weighted by Crippen LogP contribution is -2.41. The Kier molecular flexibility index (Phi) is 4.92. The molecule has 0 radical (unpaired) electrons. The lowest BCUT2D eigenvalue weighted by molar-refractivity contribution is -0.122. The van der Waals surface area contributed by atoms with Crippen molar-refractivity contribution in [2.24, 2.45) is 0 Å². The predicted molar refractivity (Wildman–Crippen MR) is 118 cm³/mol. The zero-order valence-corrected chi connectivity index (χ0v) is 18.8. The smallest absolute Gasteiger partial charge is 0.399 e. The normalized spacial score (nSPS) is 24.7. The van der Waals surface area contributed by atoms with Crippen LogP contribution in [0.3, 0.4) is 0 Å². The maximum Gasteiger partial charge on any atom is 0.494 e. The van der Waals surface area contributed by atoms with Crippen LogP contribution in [-0.4, -0.2) is 41.8 Å². The Labute approximate surface area is 173 Å². The second-order valence-corrected chi connectivity index (χ2v) is 11.3. The number of rotatable bonds is 6. The molecule has 2 aliphatic heterocycles. The molecule has 4 rings (SSSR count). The number of thioether (sulfide) groups is 1. The molecule has 3 aliphatic rings. The van der Waals surface area contributed by atoms with Crippen molar-refractivity contribution in [2.45, 2.75) is 82.7 Å². The molecule has 6 heteroatoms. The molecule has 0 aromatic heterocycles. The van der Waals surface area contributed by atoms with E-state index >= 15 is 0 Å². The fraction of sp³-hybridized carbons (Fsp3) is 0.682. The average molecular weight is 401 g/mol. The van der Waals surface area contributed by atoms with Crippen LogP contribution in [0.25, 0.3) is 0 Å². The van der Waals surface area contributed by atoms with Crippen molar-refractivity contribution in [1.29, 1.82) is 0 Å². The van der Waals surface area contributed by atoms with E-state index in [4.69, 9.17) is 9.31 Å². The van der Waals surface area contributed by atoms with E-state index in [0.717, 1.165) is 40.7 Å². The van der Waals surface area contributed by atoms with Gasteiger partial charge in [0.05, 0.1) is 16.6 Å². The molecule has 152 valence electrons. The highest BCUT2D eigenvalue weighted by Crippen LogP contribution is 2.42. The second-order valence-electron chi connectivity index (χ2n) is 9.87. The average Bonchev–Trinajstić information content (AvgIpc) is 3.37. The zero-order valence-electron chi connectivity index (χ0n) is 18.0. The van der Waals surface area contributed by atoms with Gasteiger partial charge in [0.25, 0.3) is 0 Å². The summed E-state index contributed by atoms with van der Waals surface area (Å²) in [6.07, 6.45) is 3.75. The second kappa shape index (κ2) is 6.78. The minimum absolute atomic E-state index is 0.199. The Morgan fingerprint density at radius 3 is 2.36 bits per heavy atom. The van der Waals surface area contributed by atoms with Crippen molar-refractivity contribution in [1.82, 2.24) is 0 Å². The largest absolute Gasteiger partial charge is 0.494 e. The topological polar surface area (TPSA) is 38.8 Å². The van der Waals surface area contributed by atoms with Crippen molar-refractivity contribution in [3.05, 3.63) is 23.8 Å². The first-order valence-electron chi connectivity index (χ1n) is 10.5. The van der Waals surface area contributed by atoms with E-state index < -0.39 is 12.5 Å². The fourth-order valence-electron chi connectivity index (χ4n) is 3.92. The van der Waals surface area contributed by atoms with Crippen LogP contribution < -0.4 is 10.4 Å².